The molecule has 0 unspecified atom stereocenters. The first-order valence-corrected chi connectivity index (χ1v) is 12.3. The van der Waals surface area contributed by atoms with Crippen molar-refractivity contribution in [2.45, 2.75) is 42.8 Å². The van der Waals surface area contributed by atoms with Crippen LogP contribution in [-0.4, -0.2) is 23.4 Å². The van der Waals surface area contributed by atoms with Crippen molar-refractivity contribution in [3.05, 3.63) is 83.6 Å². The molecule has 0 amide bonds. The molecule has 0 radical (unpaired) electrons. The lowest BCUT2D eigenvalue weighted by Crippen LogP contribution is -2.06. The van der Waals surface area contributed by atoms with Gasteiger partial charge in [-0.2, -0.15) is 0 Å². The summed E-state index contributed by atoms with van der Waals surface area (Å²) in [6.45, 7) is 1.80. The van der Waals surface area contributed by atoms with Crippen molar-refractivity contribution < 1.29 is 17.2 Å². The van der Waals surface area contributed by atoms with Crippen LogP contribution in [0.2, 0.25) is 0 Å². The maximum absolute atomic E-state index is 13.6. The van der Waals surface area contributed by atoms with Gasteiger partial charge in [-0.25, -0.2) is 27.2 Å². The standard InChI is InChI=1S/C25H21F2N3O2S/c1-15-10-23(25(26)27)22(16-2-3-16)12-21(15)24-20-5-4-19(11-17(20)6-9-29-24)33(31,32)13-18-7-8-28-14-30-18/h4-12,14,16,25H,2-3,13H2,1H3. The molecule has 1 aliphatic rings. The van der Waals surface area contributed by atoms with Crippen LogP contribution < -0.4 is 0 Å². The molecule has 5 rings (SSSR count). The molecule has 5 nitrogen and oxygen atoms in total. The number of aromatic nitrogens is 3. The summed E-state index contributed by atoms with van der Waals surface area (Å²) in [6.07, 6.45) is 3.76. The van der Waals surface area contributed by atoms with Crippen LogP contribution in [0.4, 0.5) is 8.78 Å². The van der Waals surface area contributed by atoms with Crippen LogP contribution in [0.15, 0.2) is 66.1 Å². The zero-order chi connectivity index (χ0) is 23.2. The molecule has 1 aliphatic carbocycles. The van der Waals surface area contributed by atoms with Gasteiger partial charge < -0.3 is 0 Å². The van der Waals surface area contributed by atoms with E-state index in [0.29, 0.717) is 22.3 Å². The molecule has 0 saturated heterocycles. The number of sulfone groups is 1. The molecule has 8 heteroatoms. The second kappa shape index (κ2) is 8.26. The zero-order valence-electron chi connectivity index (χ0n) is 17.9. The lowest BCUT2D eigenvalue weighted by Gasteiger charge is -2.15. The predicted molar refractivity (Wildman–Crippen MR) is 122 cm³/mol. The van der Waals surface area contributed by atoms with Crippen molar-refractivity contribution in [3.8, 4) is 11.3 Å². The first-order valence-electron chi connectivity index (χ1n) is 10.6. The smallest absolute Gasteiger partial charge is 0.256 e. The zero-order valence-corrected chi connectivity index (χ0v) is 18.7. The van der Waals surface area contributed by atoms with Crippen molar-refractivity contribution in [2.75, 3.05) is 0 Å². The Balaban J connectivity index is 1.58. The van der Waals surface area contributed by atoms with E-state index < -0.39 is 16.3 Å². The molecule has 4 aromatic rings. The van der Waals surface area contributed by atoms with Crippen molar-refractivity contribution >= 4 is 20.6 Å². The molecule has 0 bridgehead atoms. The van der Waals surface area contributed by atoms with Gasteiger partial charge >= 0.3 is 0 Å². The van der Waals surface area contributed by atoms with Gasteiger partial charge in [-0.15, -0.1) is 0 Å². The number of hydrogen-bond acceptors (Lipinski definition) is 5. The lowest BCUT2D eigenvalue weighted by atomic mass is 9.93. The van der Waals surface area contributed by atoms with Crippen molar-refractivity contribution in [1.29, 1.82) is 0 Å². The number of benzene rings is 2. The van der Waals surface area contributed by atoms with Crippen LogP contribution in [0.1, 0.15) is 47.6 Å². The Morgan fingerprint density at radius 2 is 1.85 bits per heavy atom. The Kier molecular flexibility index (Phi) is 5.40. The number of alkyl halides is 2. The molecule has 0 N–H and O–H groups in total. The van der Waals surface area contributed by atoms with Gasteiger partial charge in [0.15, 0.2) is 9.84 Å². The number of aryl methyl sites for hydroxylation is 1. The van der Waals surface area contributed by atoms with Gasteiger partial charge in [-0.3, -0.25) is 4.98 Å². The average Bonchev–Trinajstić information content (AvgIpc) is 3.64. The van der Waals surface area contributed by atoms with Crippen LogP contribution in [-0.2, 0) is 15.6 Å². The number of hydrogen-bond donors (Lipinski definition) is 0. The topological polar surface area (TPSA) is 72.8 Å². The lowest BCUT2D eigenvalue weighted by molar-refractivity contribution is 0.150. The molecule has 0 atom stereocenters. The number of rotatable bonds is 6. The summed E-state index contributed by atoms with van der Waals surface area (Å²) in [5.41, 5.74) is 3.37. The van der Waals surface area contributed by atoms with E-state index in [-0.39, 0.29) is 22.1 Å². The van der Waals surface area contributed by atoms with E-state index in [1.165, 1.54) is 12.5 Å². The van der Waals surface area contributed by atoms with Crippen LogP contribution in [0, 0.1) is 6.92 Å². The number of pyridine rings is 1. The molecular formula is C25H21F2N3O2S. The number of halogens is 2. The second-order valence-corrected chi connectivity index (χ2v) is 10.4. The number of nitrogens with zero attached hydrogens (tertiary/aromatic N) is 3. The Bertz CT molecular complexity index is 1450. The molecule has 2 aromatic carbocycles. The summed E-state index contributed by atoms with van der Waals surface area (Å²) < 4.78 is 53.1. The van der Waals surface area contributed by atoms with Gasteiger partial charge in [0, 0.05) is 28.9 Å². The fourth-order valence-corrected chi connectivity index (χ4v) is 5.49. The summed E-state index contributed by atoms with van der Waals surface area (Å²) in [7, 11) is -3.61. The largest absolute Gasteiger partial charge is 0.264 e. The van der Waals surface area contributed by atoms with Gasteiger partial charge in [-0.1, -0.05) is 6.07 Å². The van der Waals surface area contributed by atoms with Gasteiger partial charge in [0.2, 0.25) is 0 Å². The van der Waals surface area contributed by atoms with E-state index in [1.807, 2.05) is 6.07 Å². The molecular weight excluding hydrogens is 444 g/mol. The Labute approximate surface area is 190 Å². The summed E-state index contributed by atoms with van der Waals surface area (Å²) in [4.78, 5) is 12.6. The fourth-order valence-electron chi connectivity index (χ4n) is 4.18. The minimum absolute atomic E-state index is 0.0945. The summed E-state index contributed by atoms with van der Waals surface area (Å²) in [5, 5.41) is 1.49. The van der Waals surface area contributed by atoms with Gasteiger partial charge in [-0.05, 0) is 78.6 Å². The van der Waals surface area contributed by atoms with Crippen LogP contribution in [0.3, 0.4) is 0 Å². The number of fused-ring (bicyclic) bond motifs is 1. The molecule has 2 aromatic heterocycles. The van der Waals surface area contributed by atoms with Crippen LogP contribution in [0.25, 0.3) is 22.0 Å². The first kappa shape index (κ1) is 21.6. The van der Waals surface area contributed by atoms with E-state index in [4.69, 9.17) is 0 Å². The van der Waals surface area contributed by atoms with Crippen molar-refractivity contribution in [1.82, 2.24) is 15.0 Å². The van der Waals surface area contributed by atoms with Gasteiger partial charge in [0.1, 0.15) is 6.33 Å². The molecule has 2 heterocycles. The molecule has 1 fully saturated rings. The Morgan fingerprint density at radius 1 is 1.03 bits per heavy atom. The van der Waals surface area contributed by atoms with Gasteiger partial charge in [0.25, 0.3) is 6.43 Å². The van der Waals surface area contributed by atoms with E-state index in [0.717, 1.165) is 29.4 Å². The van der Waals surface area contributed by atoms with Crippen molar-refractivity contribution in [3.63, 3.8) is 0 Å². The van der Waals surface area contributed by atoms with Gasteiger partial charge in [0.05, 0.1) is 22.0 Å². The Morgan fingerprint density at radius 3 is 2.55 bits per heavy atom. The van der Waals surface area contributed by atoms with Crippen molar-refractivity contribution in [2.24, 2.45) is 0 Å². The predicted octanol–water partition coefficient (Wildman–Crippen LogP) is 5.79. The normalized spacial score (nSPS) is 14.2. The third-order valence-electron chi connectivity index (χ3n) is 6.01. The maximum atomic E-state index is 13.6. The minimum Gasteiger partial charge on any atom is -0.256 e. The summed E-state index contributed by atoms with van der Waals surface area (Å²) >= 11 is 0. The van der Waals surface area contributed by atoms with E-state index >= 15 is 0 Å². The third-order valence-corrected chi connectivity index (χ3v) is 7.66. The van der Waals surface area contributed by atoms with Crippen LogP contribution >= 0.6 is 0 Å². The maximum Gasteiger partial charge on any atom is 0.264 e. The highest BCUT2D eigenvalue weighted by atomic mass is 32.2. The molecule has 33 heavy (non-hydrogen) atoms. The van der Waals surface area contributed by atoms with E-state index in [9.17, 15) is 17.2 Å². The average molecular weight is 466 g/mol. The van der Waals surface area contributed by atoms with Crippen LogP contribution in [0.5, 0.6) is 0 Å². The monoisotopic (exact) mass is 465 g/mol. The second-order valence-electron chi connectivity index (χ2n) is 8.37. The first-order chi connectivity index (χ1) is 15.8. The SMILES string of the molecule is Cc1cc(C(F)F)c(C2CC2)cc1-c1nccc2cc(S(=O)(=O)Cc3ccncn3)ccc12. The van der Waals surface area contributed by atoms with E-state index in [2.05, 4.69) is 15.0 Å². The highest BCUT2D eigenvalue weighted by Crippen LogP contribution is 2.46. The molecule has 0 spiro atoms. The highest BCUT2D eigenvalue weighted by molar-refractivity contribution is 7.90. The fraction of sp³-hybridized carbons (Fsp3) is 0.240. The summed E-state index contributed by atoms with van der Waals surface area (Å²) in [6, 6.07) is 11.7. The highest BCUT2D eigenvalue weighted by Gasteiger charge is 2.30. The molecule has 168 valence electrons. The minimum atomic E-state index is -3.61. The molecule has 1 saturated carbocycles. The quantitative estimate of drug-likeness (QED) is 0.360. The Hall–Kier alpha value is -3.26. The molecule has 0 aliphatic heterocycles. The summed E-state index contributed by atoms with van der Waals surface area (Å²) in [5.74, 6) is -0.0559. The third kappa shape index (κ3) is 4.23. The van der Waals surface area contributed by atoms with E-state index in [1.54, 1.807) is 49.5 Å².